The fourth-order valence-corrected chi connectivity index (χ4v) is 4.14. The van der Waals surface area contributed by atoms with Crippen molar-refractivity contribution < 1.29 is 37.7 Å². The molecule has 0 radical (unpaired) electrons. The number of nitrogens with zero attached hydrogens (tertiary/aromatic N) is 1. The summed E-state index contributed by atoms with van der Waals surface area (Å²) in [5.41, 5.74) is 2.10. The molecule has 0 bridgehead atoms. The average Bonchev–Trinajstić information content (AvgIpc) is 3.30. The van der Waals surface area contributed by atoms with Crippen LogP contribution in [0.4, 0.5) is 8.78 Å². The highest BCUT2D eigenvalue weighted by atomic mass is 19.3. The van der Waals surface area contributed by atoms with Gasteiger partial charge < -0.3 is 24.6 Å². The van der Waals surface area contributed by atoms with Crippen LogP contribution >= 0.6 is 0 Å². The van der Waals surface area contributed by atoms with Crippen LogP contribution in [0.15, 0.2) is 48.5 Å². The summed E-state index contributed by atoms with van der Waals surface area (Å²) in [4.78, 5) is 29.1. The van der Waals surface area contributed by atoms with Crippen LogP contribution in [0, 0.1) is 6.92 Å². The summed E-state index contributed by atoms with van der Waals surface area (Å²) >= 11 is 0. The first kappa shape index (κ1) is 22.6. The maximum absolute atomic E-state index is 13.4. The summed E-state index contributed by atoms with van der Waals surface area (Å²) in [5, 5.41) is 12.1. The molecule has 0 saturated heterocycles. The Bertz CT molecular complexity index is 1380. The largest absolute Gasteiger partial charge is 0.586 e. The van der Waals surface area contributed by atoms with Gasteiger partial charge in [0.15, 0.2) is 11.5 Å². The molecule has 180 valence electrons. The van der Waals surface area contributed by atoms with Crippen LogP contribution in [0.25, 0.3) is 11.3 Å². The summed E-state index contributed by atoms with van der Waals surface area (Å²) in [6.07, 6.45) is -3.77. The van der Waals surface area contributed by atoms with E-state index in [0.717, 1.165) is 5.56 Å². The number of carboxylic acids is 1. The number of benzene rings is 2. The molecule has 0 spiro atoms. The number of aromatic nitrogens is 1. The van der Waals surface area contributed by atoms with E-state index in [-0.39, 0.29) is 41.9 Å². The van der Waals surface area contributed by atoms with Gasteiger partial charge in [0.2, 0.25) is 5.91 Å². The van der Waals surface area contributed by atoms with Gasteiger partial charge in [-0.15, -0.1) is 8.78 Å². The lowest BCUT2D eigenvalue weighted by atomic mass is 9.83. The summed E-state index contributed by atoms with van der Waals surface area (Å²) in [6.45, 7) is 3.62. The van der Waals surface area contributed by atoms with Crippen molar-refractivity contribution in [3.05, 3.63) is 70.9 Å². The van der Waals surface area contributed by atoms with Crippen LogP contribution in [0.5, 0.6) is 17.2 Å². The fraction of sp³-hybridized carbons (Fsp3) is 0.240. The molecule has 0 aliphatic carbocycles. The van der Waals surface area contributed by atoms with Crippen molar-refractivity contribution in [1.82, 2.24) is 10.3 Å². The lowest BCUT2D eigenvalue weighted by molar-refractivity contribution is -0.286. The highest BCUT2D eigenvalue weighted by molar-refractivity contribution is 5.90. The molecular weight excluding hydrogens is 462 g/mol. The van der Waals surface area contributed by atoms with Crippen LogP contribution in [0.2, 0.25) is 0 Å². The van der Waals surface area contributed by atoms with Crippen LogP contribution in [0.3, 0.4) is 0 Å². The van der Waals surface area contributed by atoms with Crippen molar-refractivity contribution in [3.8, 4) is 28.5 Å². The van der Waals surface area contributed by atoms with Crippen molar-refractivity contribution in [2.45, 2.75) is 32.1 Å². The Morgan fingerprint density at radius 3 is 2.57 bits per heavy atom. The summed E-state index contributed by atoms with van der Waals surface area (Å²) in [7, 11) is 0. The van der Waals surface area contributed by atoms with Crippen LogP contribution < -0.4 is 19.5 Å². The Morgan fingerprint density at radius 1 is 1.09 bits per heavy atom. The molecule has 2 N–H and O–H groups in total. The summed E-state index contributed by atoms with van der Waals surface area (Å²) in [6, 6.07) is 12.7. The fourth-order valence-electron chi connectivity index (χ4n) is 4.14. The third-order valence-corrected chi connectivity index (χ3v) is 6.11. The smallest absolute Gasteiger partial charge is 0.492 e. The van der Waals surface area contributed by atoms with Gasteiger partial charge in [-0.25, -0.2) is 4.79 Å². The first-order valence-corrected chi connectivity index (χ1v) is 10.7. The number of pyridine rings is 1. The van der Waals surface area contributed by atoms with Gasteiger partial charge in [0, 0.05) is 17.2 Å². The van der Waals surface area contributed by atoms with E-state index in [2.05, 4.69) is 19.8 Å². The monoisotopic (exact) mass is 482 g/mol. The minimum Gasteiger partial charge on any atom is -0.492 e. The van der Waals surface area contributed by atoms with E-state index < -0.39 is 17.7 Å². The Morgan fingerprint density at radius 2 is 1.83 bits per heavy atom. The van der Waals surface area contributed by atoms with Gasteiger partial charge in [-0.2, -0.15) is 0 Å². The second-order valence-electron chi connectivity index (χ2n) is 8.62. The first-order valence-electron chi connectivity index (χ1n) is 10.7. The van der Waals surface area contributed by atoms with Crippen LogP contribution in [-0.2, 0) is 16.8 Å². The molecule has 2 aliphatic heterocycles. The zero-order chi connectivity index (χ0) is 25.0. The van der Waals surface area contributed by atoms with Gasteiger partial charge in [0.05, 0.1) is 23.5 Å². The van der Waals surface area contributed by atoms with Gasteiger partial charge in [-0.3, -0.25) is 9.78 Å². The van der Waals surface area contributed by atoms with Gasteiger partial charge in [-0.1, -0.05) is 12.1 Å². The molecule has 35 heavy (non-hydrogen) atoms. The summed E-state index contributed by atoms with van der Waals surface area (Å²) < 4.78 is 41.4. The minimum absolute atomic E-state index is 0.0160. The number of hydrogen-bond donors (Lipinski definition) is 2. The Balaban J connectivity index is 1.35. The van der Waals surface area contributed by atoms with E-state index >= 15 is 0 Å². The molecular formula is C25H20F2N2O6. The molecule has 0 saturated carbocycles. The van der Waals surface area contributed by atoms with Gasteiger partial charge in [0.25, 0.3) is 0 Å². The van der Waals surface area contributed by atoms with Crippen LogP contribution in [-0.4, -0.2) is 34.9 Å². The molecule has 2 aliphatic rings. The van der Waals surface area contributed by atoms with E-state index in [9.17, 15) is 23.5 Å². The number of aromatic carboxylic acids is 1. The molecule has 1 aromatic heterocycles. The molecule has 2 aromatic carbocycles. The molecule has 0 fully saturated rings. The normalized spacial score (nSPS) is 19.1. The Labute approximate surface area is 198 Å². The molecule has 1 amide bonds. The number of hydrogen-bond acceptors (Lipinski definition) is 6. The number of carbonyl (C=O) groups is 2. The number of carbonyl (C=O) groups excluding carboxylic acids is 1. The quantitative estimate of drug-likeness (QED) is 0.565. The second-order valence-corrected chi connectivity index (χ2v) is 8.62. The lowest BCUT2D eigenvalue weighted by Crippen LogP contribution is -2.43. The number of carboxylic acid groups (broad SMARTS) is 1. The number of rotatable bonds is 5. The van der Waals surface area contributed by atoms with Crippen molar-refractivity contribution in [1.29, 1.82) is 0 Å². The average molecular weight is 482 g/mol. The van der Waals surface area contributed by atoms with E-state index in [1.807, 2.05) is 6.92 Å². The van der Waals surface area contributed by atoms with Gasteiger partial charge >= 0.3 is 12.3 Å². The number of ether oxygens (including phenoxy) is 3. The number of amides is 1. The van der Waals surface area contributed by atoms with Gasteiger partial charge in [-0.05, 0) is 49.7 Å². The molecule has 3 heterocycles. The number of nitrogens with one attached hydrogen (secondary N) is 1. The number of aryl methyl sites for hydroxylation is 1. The molecule has 1 atom stereocenters. The van der Waals surface area contributed by atoms with Crippen LogP contribution in [0.1, 0.15) is 34.1 Å². The molecule has 3 aromatic rings. The number of alkyl halides is 2. The summed E-state index contributed by atoms with van der Waals surface area (Å²) in [5.74, 6) is -1.45. The maximum atomic E-state index is 13.4. The topological polar surface area (TPSA) is 107 Å². The van der Waals surface area contributed by atoms with E-state index in [4.69, 9.17) is 4.74 Å². The highest BCUT2D eigenvalue weighted by Gasteiger charge is 2.48. The molecule has 5 rings (SSSR count). The third-order valence-electron chi connectivity index (χ3n) is 6.11. The van der Waals surface area contributed by atoms with Crippen molar-refractivity contribution in [3.63, 3.8) is 0 Å². The second kappa shape index (κ2) is 7.93. The predicted octanol–water partition coefficient (Wildman–Crippen LogP) is 4.04. The highest BCUT2D eigenvalue weighted by Crippen LogP contribution is 2.49. The van der Waals surface area contributed by atoms with E-state index in [1.54, 1.807) is 37.3 Å². The van der Waals surface area contributed by atoms with E-state index in [1.165, 1.54) is 18.2 Å². The van der Waals surface area contributed by atoms with Crippen molar-refractivity contribution >= 4 is 11.9 Å². The standard InChI is InChI=1S/C25H20F2N2O6/c1-13-6-7-14(22(30)31)8-16(13)18-5-3-4-15(29-18)11-28-23(32)24(2)12-33-19-10-21-20(9-17(19)24)34-25(26,27)35-21/h3-10H,11-12H2,1-2H3,(H,28,32)(H,30,31)/t24-/m0/s1. The molecule has 10 heteroatoms. The SMILES string of the molecule is Cc1ccc(C(=O)O)cc1-c1cccc(CNC(=O)[C@@]2(C)COc3cc4c(cc32)OC(F)(F)O4)n1. The molecule has 0 unspecified atom stereocenters. The first-order chi connectivity index (χ1) is 16.6. The third kappa shape index (κ3) is 4.01. The minimum atomic E-state index is -3.77. The van der Waals surface area contributed by atoms with E-state index in [0.29, 0.717) is 22.5 Å². The van der Waals surface area contributed by atoms with Gasteiger partial charge in [0.1, 0.15) is 17.8 Å². The zero-order valence-corrected chi connectivity index (χ0v) is 18.7. The predicted molar refractivity (Wildman–Crippen MR) is 119 cm³/mol. The Hall–Kier alpha value is -4.21. The maximum Gasteiger partial charge on any atom is 0.586 e. The lowest BCUT2D eigenvalue weighted by Gasteiger charge is -2.22. The number of fused-ring (bicyclic) bond motifs is 2. The number of halogens is 2. The van der Waals surface area contributed by atoms with Crippen molar-refractivity contribution in [2.24, 2.45) is 0 Å². The zero-order valence-electron chi connectivity index (χ0n) is 18.7. The molecule has 8 nitrogen and oxygen atoms in total. The Kier molecular flexibility index (Phi) is 5.12. The van der Waals surface area contributed by atoms with Crippen molar-refractivity contribution in [2.75, 3.05) is 6.61 Å².